The summed E-state index contributed by atoms with van der Waals surface area (Å²) in [5, 5.41) is 3.01. The van der Waals surface area contributed by atoms with Crippen LogP contribution >= 0.6 is 15.9 Å². The Kier molecular flexibility index (Phi) is 3.56. The highest BCUT2D eigenvalue weighted by atomic mass is 79.9. The lowest BCUT2D eigenvalue weighted by Crippen LogP contribution is -2.44. The number of nitrogens with one attached hydrogen (secondary N) is 1. The van der Waals surface area contributed by atoms with Crippen molar-refractivity contribution in [2.45, 2.75) is 44.0 Å². The fourth-order valence-corrected chi connectivity index (χ4v) is 1.27. The predicted molar refractivity (Wildman–Crippen MR) is 53.3 cm³/mol. The van der Waals surface area contributed by atoms with E-state index in [-0.39, 0.29) is 10.7 Å². The summed E-state index contributed by atoms with van der Waals surface area (Å²) in [5.41, 5.74) is 0. The van der Waals surface area contributed by atoms with Crippen LogP contribution in [0.2, 0.25) is 0 Å². The molecule has 1 atom stereocenters. The van der Waals surface area contributed by atoms with Crippen LogP contribution in [-0.4, -0.2) is 16.8 Å². The number of amides is 1. The van der Waals surface area contributed by atoms with Gasteiger partial charge in [-0.15, -0.1) is 0 Å². The molecule has 1 aliphatic rings. The van der Waals surface area contributed by atoms with Gasteiger partial charge in [0.25, 0.3) is 0 Å². The number of halogens is 1. The molecule has 1 rings (SSSR count). The molecule has 2 nitrogen and oxygen atoms in total. The Balaban J connectivity index is 2.26. The van der Waals surface area contributed by atoms with E-state index in [1.807, 2.05) is 13.8 Å². The van der Waals surface area contributed by atoms with E-state index in [0.717, 1.165) is 12.8 Å². The predicted octanol–water partition coefficient (Wildman–Crippen LogP) is 2.07. The summed E-state index contributed by atoms with van der Waals surface area (Å²) in [6.45, 7) is 4.08. The lowest BCUT2D eigenvalue weighted by Gasteiger charge is -2.28. The van der Waals surface area contributed by atoms with Gasteiger partial charge in [0.1, 0.15) is 0 Å². The molecule has 0 aromatic heterocycles. The summed E-state index contributed by atoms with van der Waals surface area (Å²) in [6.07, 6.45) is 3.58. The number of hydrogen-bond acceptors (Lipinski definition) is 1. The fraction of sp³-hybridized carbons (Fsp3) is 0.889. The fourth-order valence-electron chi connectivity index (χ4n) is 1.14. The van der Waals surface area contributed by atoms with Crippen LogP contribution in [0, 0.1) is 5.92 Å². The van der Waals surface area contributed by atoms with Crippen molar-refractivity contribution < 1.29 is 4.79 Å². The first-order valence-corrected chi connectivity index (χ1v) is 5.47. The van der Waals surface area contributed by atoms with Crippen LogP contribution < -0.4 is 5.32 Å². The zero-order chi connectivity index (χ0) is 9.14. The maximum atomic E-state index is 11.4. The van der Waals surface area contributed by atoms with Crippen LogP contribution in [-0.2, 0) is 4.79 Å². The van der Waals surface area contributed by atoms with Crippen molar-refractivity contribution in [3.05, 3.63) is 0 Å². The molecule has 70 valence electrons. The minimum Gasteiger partial charge on any atom is -0.352 e. The van der Waals surface area contributed by atoms with Crippen LogP contribution in [0.25, 0.3) is 0 Å². The molecule has 0 bridgehead atoms. The molecular formula is C9H16BrNO. The Bertz CT molecular complexity index is 166. The summed E-state index contributed by atoms with van der Waals surface area (Å²) in [6, 6.07) is 0.455. The number of carbonyl (C=O) groups excluding carboxylic acids is 1. The van der Waals surface area contributed by atoms with Gasteiger partial charge in [-0.05, 0) is 25.2 Å². The molecule has 12 heavy (non-hydrogen) atoms. The number of carbonyl (C=O) groups is 1. The maximum absolute atomic E-state index is 11.4. The van der Waals surface area contributed by atoms with Gasteiger partial charge in [-0.3, -0.25) is 4.79 Å². The highest BCUT2D eigenvalue weighted by molar-refractivity contribution is 9.10. The Morgan fingerprint density at radius 2 is 2.08 bits per heavy atom. The summed E-state index contributed by atoms with van der Waals surface area (Å²) >= 11 is 3.38. The average molecular weight is 234 g/mol. The minimum absolute atomic E-state index is 0.0295. The molecule has 0 radical (unpaired) electrons. The highest BCUT2D eigenvalue weighted by Crippen LogP contribution is 2.19. The van der Waals surface area contributed by atoms with Gasteiger partial charge < -0.3 is 5.32 Å². The third kappa shape index (κ3) is 2.47. The van der Waals surface area contributed by atoms with Crippen LogP contribution in [0.5, 0.6) is 0 Å². The van der Waals surface area contributed by atoms with Crippen molar-refractivity contribution in [2.75, 3.05) is 0 Å². The smallest absolute Gasteiger partial charge is 0.234 e. The molecule has 1 aliphatic carbocycles. The molecule has 0 heterocycles. The Morgan fingerprint density at radius 1 is 1.50 bits per heavy atom. The van der Waals surface area contributed by atoms with Crippen molar-refractivity contribution in [1.29, 1.82) is 0 Å². The first-order chi connectivity index (χ1) is 5.61. The van der Waals surface area contributed by atoms with E-state index in [1.54, 1.807) is 0 Å². The van der Waals surface area contributed by atoms with E-state index in [1.165, 1.54) is 6.42 Å². The molecule has 0 aliphatic heterocycles. The molecule has 1 amide bonds. The van der Waals surface area contributed by atoms with Gasteiger partial charge in [-0.1, -0.05) is 29.8 Å². The molecule has 0 spiro atoms. The molecular weight excluding hydrogens is 218 g/mol. The lowest BCUT2D eigenvalue weighted by molar-refractivity contribution is -0.122. The standard InChI is InChI=1S/C9H16BrNO/c1-6(2)8(10)9(12)11-7-4-3-5-7/h6-8H,3-5H2,1-2H3,(H,11,12). The zero-order valence-corrected chi connectivity index (χ0v) is 9.23. The van der Waals surface area contributed by atoms with E-state index >= 15 is 0 Å². The van der Waals surface area contributed by atoms with Crippen LogP contribution in [0.15, 0.2) is 0 Å². The summed E-state index contributed by atoms with van der Waals surface area (Å²) in [7, 11) is 0. The van der Waals surface area contributed by atoms with Gasteiger partial charge in [0, 0.05) is 6.04 Å². The minimum atomic E-state index is -0.0295. The van der Waals surface area contributed by atoms with E-state index in [2.05, 4.69) is 21.2 Å². The molecule has 1 N–H and O–H groups in total. The number of hydrogen-bond donors (Lipinski definition) is 1. The average Bonchev–Trinajstić information content (AvgIpc) is 1.94. The normalized spacial score (nSPS) is 20.3. The first-order valence-electron chi connectivity index (χ1n) is 4.55. The van der Waals surface area contributed by atoms with Crippen LogP contribution in [0.3, 0.4) is 0 Å². The van der Waals surface area contributed by atoms with Gasteiger partial charge >= 0.3 is 0 Å². The number of rotatable bonds is 3. The van der Waals surface area contributed by atoms with Gasteiger partial charge in [-0.25, -0.2) is 0 Å². The van der Waals surface area contributed by atoms with Crippen molar-refractivity contribution in [1.82, 2.24) is 5.32 Å². The first kappa shape index (κ1) is 10.0. The molecule has 0 aromatic rings. The van der Waals surface area contributed by atoms with E-state index < -0.39 is 0 Å². The van der Waals surface area contributed by atoms with E-state index in [9.17, 15) is 4.79 Å². The monoisotopic (exact) mass is 233 g/mol. The third-order valence-electron chi connectivity index (χ3n) is 2.29. The third-order valence-corrected chi connectivity index (χ3v) is 3.76. The summed E-state index contributed by atoms with van der Waals surface area (Å²) in [4.78, 5) is 11.4. The molecule has 0 aromatic carbocycles. The molecule has 1 unspecified atom stereocenters. The summed E-state index contributed by atoms with van der Waals surface area (Å²) < 4.78 is 0. The lowest BCUT2D eigenvalue weighted by atomic mass is 9.93. The zero-order valence-electron chi connectivity index (χ0n) is 7.64. The van der Waals surface area contributed by atoms with Crippen LogP contribution in [0.1, 0.15) is 33.1 Å². The Morgan fingerprint density at radius 3 is 2.42 bits per heavy atom. The van der Waals surface area contributed by atoms with Crippen molar-refractivity contribution >= 4 is 21.8 Å². The Labute approximate surface area is 82.2 Å². The molecule has 1 saturated carbocycles. The molecule has 3 heteroatoms. The van der Waals surface area contributed by atoms with Crippen molar-refractivity contribution in [3.8, 4) is 0 Å². The summed E-state index contributed by atoms with van der Waals surface area (Å²) in [5.74, 6) is 0.514. The highest BCUT2D eigenvalue weighted by Gasteiger charge is 2.24. The van der Waals surface area contributed by atoms with Gasteiger partial charge in [0.2, 0.25) is 5.91 Å². The van der Waals surface area contributed by atoms with Gasteiger partial charge in [-0.2, -0.15) is 0 Å². The number of alkyl halides is 1. The maximum Gasteiger partial charge on any atom is 0.234 e. The van der Waals surface area contributed by atoms with Gasteiger partial charge in [0.15, 0.2) is 0 Å². The van der Waals surface area contributed by atoms with E-state index in [4.69, 9.17) is 0 Å². The molecule has 1 fully saturated rings. The van der Waals surface area contributed by atoms with E-state index in [0.29, 0.717) is 12.0 Å². The topological polar surface area (TPSA) is 29.1 Å². The van der Waals surface area contributed by atoms with Crippen LogP contribution in [0.4, 0.5) is 0 Å². The van der Waals surface area contributed by atoms with Crippen molar-refractivity contribution in [3.63, 3.8) is 0 Å². The van der Waals surface area contributed by atoms with Gasteiger partial charge in [0.05, 0.1) is 4.83 Å². The van der Waals surface area contributed by atoms with Crippen molar-refractivity contribution in [2.24, 2.45) is 5.92 Å². The molecule has 0 saturated heterocycles. The Hall–Kier alpha value is -0.0500. The second-order valence-electron chi connectivity index (χ2n) is 3.78. The quantitative estimate of drug-likeness (QED) is 0.744. The second kappa shape index (κ2) is 4.26. The SMILES string of the molecule is CC(C)C(Br)C(=O)NC1CCC1. The second-order valence-corrected chi connectivity index (χ2v) is 4.77. The largest absolute Gasteiger partial charge is 0.352 e.